The number of nitrogens with one attached hydrogen (secondary N) is 2. The standard InChI is InChI=1S/C20H23N3O2/c24-19(15-21-14-16-6-2-1-3-7-16)22-18-10-8-17(9-11-18)20(25)23-12-4-5-13-23/h1-3,6-11,21H,4-5,12-15H2,(H,22,24). The number of amides is 2. The molecule has 2 aromatic rings. The van der Waals surface area contributed by atoms with Crippen LogP contribution in [0.5, 0.6) is 0 Å². The average molecular weight is 337 g/mol. The Labute approximate surface area is 148 Å². The van der Waals surface area contributed by atoms with Crippen molar-refractivity contribution >= 4 is 17.5 Å². The molecule has 1 fully saturated rings. The Morgan fingerprint density at radius 1 is 0.920 bits per heavy atom. The summed E-state index contributed by atoms with van der Waals surface area (Å²) >= 11 is 0. The van der Waals surface area contributed by atoms with E-state index in [0.717, 1.165) is 31.5 Å². The second kappa shape index (κ2) is 8.44. The summed E-state index contributed by atoms with van der Waals surface area (Å²) in [6.07, 6.45) is 2.16. The number of carbonyl (C=O) groups is 2. The Balaban J connectivity index is 1.46. The van der Waals surface area contributed by atoms with Crippen molar-refractivity contribution in [2.75, 3.05) is 25.0 Å². The normalized spacial score (nSPS) is 13.7. The van der Waals surface area contributed by atoms with Crippen LogP contribution in [0.4, 0.5) is 5.69 Å². The largest absolute Gasteiger partial charge is 0.339 e. The fourth-order valence-electron chi connectivity index (χ4n) is 2.92. The van der Waals surface area contributed by atoms with Crippen LogP contribution in [0.1, 0.15) is 28.8 Å². The second-order valence-corrected chi connectivity index (χ2v) is 6.21. The van der Waals surface area contributed by atoms with Crippen LogP contribution in [-0.4, -0.2) is 36.3 Å². The summed E-state index contributed by atoms with van der Waals surface area (Å²) in [5.74, 6) is -0.0329. The van der Waals surface area contributed by atoms with E-state index in [1.807, 2.05) is 35.2 Å². The lowest BCUT2D eigenvalue weighted by molar-refractivity contribution is -0.115. The van der Waals surface area contributed by atoms with Gasteiger partial charge in [-0.3, -0.25) is 9.59 Å². The molecule has 0 aliphatic carbocycles. The SMILES string of the molecule is O=C(CNCc1ccccc1)Nc1ccc(C(=O)N2CCCC2)cc1. The van der Waals surface area contributed by atoms with Gasteiger partial charge in [0.2, 0.25) is 5.91 Å². The summed E-state index contributed by atoms with van der Waals surface area (Å²) in [5, 5.41) is 5.95. The smallest absolute Gasteiger partial charge is 0.253 e. The van der Waals surface area contributed by atoms with Crippen LogP contribution in [0.2, 0.25) is 0 Å². The number of hydrogen-bond donors (Lipinski definition) is 2. The van der Waals surface area contributed by atoms with Crippen molar-refractivity contribution in [1.82, 2.24) is 10.2 Å². The molecule has 0 unspecified atom stereocenters. The van der Waals surface area contributed by atoms with Crippen molar-refractivity contribution < 1.29 is 9.59 Å². The number of rotatable bonds is 6. The first-order valence-electron chi connectivity index (χ1n) is 8.66. The molecule has 1 saturated heterocycles. The topological polar surface area (TPSA) is 61.4 Å². The monoisotopic (exact) mass is 337 g/mol. The number of hydrogen-bond acceptors (Lipinski definition) is 3. The average Bonchev–Trinajstić information content (AvgIpc) is 3.17. The van der Waals surface area contributed by atoms with Crippen molar-refractivity contribution in [2.24, 2.45) is 0 Å². The molecule has 2 N–H and O–H groups in total. The fourth-order valence-corrected chi connectivity index (χ4v) is 2.92. The summed E-state index contributed by atoms with van der Waals surface area (Å²) < 4.78 is 0. The van der Waals surface area contributed by atoms with Crippen LogP contribution in [0, 0.1) is 0 Å². The molecular weight excluding hydrogens is 314 g/mol. The predicted octanol–water partition coefficient (Wildman–Crippen LogP) is 2.65. The lowest BCUT2D eigenvalue weighted by Gasteiger charge is -2.15. The molecule has 2 aromatic carbocycles. The molecule has 1 heterocycles. The van der Waals surface area contributed by atoms with Gasteiger partial charge in [0.05, 0.1) is 6.54 Å². The number of nitrogens with zero attached hydrogens (tertiary/aromatic N) is 1. The molecule has 0 aromatic heterocycles. The second-order valence-electron chi connectivity index (χ2n) is 6.21. The van der Waals surface area contributed by atoms with Crippen molar-refractivity contribution in [1.29, 1.82) is 0 Å². The van der Waals surface area contributed by atoms with Crippen LogP contribution < -0.4 is 10.6 Å². The minimum absolute atomic E-state index is 0.0694. The first kappa shape index (κ1) is 17.2. The molecular formula is C20H23N3O2. The molecule has 3 rings (SSSR count). The molecule has 5 nitrogen and oxygen atoms in total. The molecule has 0 spiro atoms. The summed E-state index contributed by atoms with van der Waals surface area (Å²) in [6, 6.07) is 17.0. The number of likely N-dealkylation sites (tertiary alicyclic amines) is 1. The Kier molecular flexibility index (Phi) is 5.80. The zero-order valence-corrected chi connectivity index (χ0v) is 14.2. The maximum atomic E-state index is 12.3. The molecule has 0 bridgehead atoms. The van der Waals surface area contributed by atoms with Crippen molar-refractivity contribution in [3.8, 4) is 0 Å². The van der Waals surface area contributed by atoms with Gasteiger partial charge in [-0.15, -0.1) is 0 Å². The maximum Gasteiger partial charge on any atom is 0.253 e. The van der Waals surface area contributed by atoms with Gasteiger partial charge in [0.25, 0.3) is 5.91 Å². The lowest BCUT2D eigenvalue weighted by Crippen LogP contribution is -2.28. The predicted molar refractivity (Wildman–Crippen MR) is 98.4 cm³/mol. The third-order valence-electron chi connectivity index (χ3n) is 4.27. The minimum atomic E-state index is -0.102. The minimum Gasteiger partial charge on any atom is -0.339 e. The van der Waals surface area contributed by atoms with Crippen LogP contribution in [0.25, 0.3) is 0 Å². The first-order valence-corrected chi connectivity index (χ1v) is 8.66. The summed E-state index contributed by atoms with van der Waals surface area (Å²) in [5.41, 5.74) is 2.51. The van der Waals surface area contributed by atoms with Gasteiger partial charge >= 0.3 is 0 Å². The van der Waals surface area contributed by atoms with Crippen LogP contribution in [-0.2, 0) is 11.3 Å². The third kappa shape index (κ3) is 4.90. The Morgan fingerprint density at radius 3 is 2.28 bits per heavy atom. The van der Waals surface area contributed by atoms with Crippen LogP contribution >= 0.6 is 0 Å². The molecule has 0 saturated carbocycles. The van der Waals surface area contributed by atoms with E-state index in [2.05, 4.69) is 10.6 Å². The fraction of sp³-hybridized carbons (Fsp3) is 0.300. The number of benzene rings is 2. The zero-order valence-electron chi connectivity index (χ0n) is 14.2. The van der Waals surface area contributed by atoms with E-state index < -0.39 is 0 Å². The van der Waals surface area contributed by atoms with Gasteiger partial charge in [0, 0.05) is 30.9 Å². The van der Waals surface area contributed by atoms with E-state index in [9.17, 15) is 9.59 Å². The van der Waals surface area contributed by atoms with Crippen molar-refractivity contribution in [3.05, 3.63) is 65.7 Å². The summed E-state index contributed by atoms with van der Waals surface area (Å²) in [4.78, 5) is 26.1. The van der Waals surface area contributed by atoms with E-state index in [1.54, 1.807) is 24.3 Å². The van der Waals surface area contributed by atoms with Gasteiger partial charge < -0.3 is 15.5 Å². The van der Waals surface area contributed by atoms with E-state index in [1.165, 1.54) is 0 Å². The van der Waals surface area contributed by atoms with Crippen molar-refractivity contribution in [3.63, 3.8) is 0 Å². The van der Waals surface area contributed by atoms with Gasteiger partial charge in [0.15, 0.2) is 0 Å². The summed E-state index contributed by atoms with van der Waals surface area (Å²) in [7, 11) is 0. The first-order chi connectivity index (χ1) is 12.2. The number of anilines is 1. The van der Waals surface area contributed by atoms with Gasteiger partial charge in [-0.25, -0.2) is 0 Å². The zero-order chi connectivity index (χ0) is 17.5. The van der Waals surface area contributed by atoms with E-state index in [0.29, 0.717) is 17.8 Å². The maximum absolute atomic E-state index is 12.3. The van der Waals surface area contributed by atoms with E-state index >= 15 is 0 Å². The van der Waals surface area contributed by atoms with Crippen LogP contribution in [0.3, 0.4) is 0 Å². The highest BCUT2D eigenvalue weighted by Gasteiger charge is 2.19. The molecule has 2 amide bonds. The highest BCUT2D eigenvalue weighted by Crippen LogP contribution is 2.15. The lowest BCUT2D eigenvalue weighted by atomic mass is 10.2. The van der Waals surface area contributed by atoms with Gasteiger partial charge in [-0.1, -0.05) is 30.3 Å². The van der Waals surface area contributed by atoms with Gasteiger partial charge in [0.1, 0.15) is 0 Å². The van der Waals surface area contributed by atoms with Crippen LogP contribution in [0.15, 0.2) is 54.6 Å². The Bertz CT molecular complexity index is 707. The van der Waals surface area contributed by atoms with Crippen molar-refractivity contribution in [2.45, 2.75) is 19.4 Å². The molecule has 25 heavy (non-hydrogen) atoms. The van der Waals surface area contributed by atoms with Gasteiger partial charge in [-0.2, -0.15) is 0 Å². The molecule has 0 atom stereocenters. The molecule has 130 valence electrons. The Morgan fingerprint density at radius 2 is 1.60 bits per heavy atom. The third-order valence-corrected chi connectivity index (χ3v) is 4.27. The Hall–Kier alpha value is -2.66. The molecule has 5 heteroatoms. The number of carbonyl (C=O) groups excluding carboxylic acids is 2. The molecule has 1 aliphatic rings. The quantitative estimate of drug-likeness (QED) is 0.852. The highest BCUT2D eigenvalue weighted by atomic mass is 16.2. The van der Waals surface area contributed by atoms with Gasteiger partial charge in [-0.05, 0) is 42.7 Å². The van der Waals surface area contributed by atoms with E-state index in [-0.39, 0.29) is 18.4 Å². The molecule has 0 radical (unpaired) electrons. The van der Waals surface area contributed by atoms with E-state index in [4.69, 9.17) is 0 Å². The summed E-state index contributed by atoms with van der Waals surface area (Å²) in [6.45, 7) is 2.57. The highest BCUT2D eigenvalue weighted by molar-refractivity contribution is 5.96. The molecule has 1 aliphatic heterocycles.